The van der Waals surface area contributed by atoms with Gasteiger partial charge in [-0.2, -0.15) is 13.2 Å². The molecule has 4 nitrogen and oxygen atoms in total. The highest BCUT2D eigenvalue weighted by atomic mass is 35.5. The molecule has 3 heterocycles. The van der Waals surface area contributed by atoms with Gasteiger partial charge in [0.05, 0.1) is 21.8 Å². The molecule has 1 aromatic carbocycles. The molecule has 0 saturated carbocycles. The topological polar surface area (TPSA) is 53.9 Å². The molecule has 1 atom stereocenters. The minimum Gasteiger partial charge on any atom is -0.337 e. The van der Waals surface area contributed by atoms with E-state index in [4.69, 9.17) is 23.2 Å². The molecule has 4 rings (SSSR count). The fourth-order valence-corrected chi connectivity index (χ4v) is 3.63. The normalized spacial score (nSPS) is 17.6. The van der Waals surface area contributed by atoms with Gasteiger partial charge in [-0.25, -0.2) is 4.98 Å². The van der Waals surface area contributed by atoms with Gasteiger partial charge in [0.2, 0.25) is 0 Å². The zero-order valence-corrected chi connectivity index (χ0v) is 16.0. The lowest BCUT2D eigenvalue weighted by Crippen LogP contribution is -2.04. The van der Waals surface area contributed by atoms with Crippen LogP contribution >= 0.6 is 23.2 Å². The first-order valence-electron chi connectivity index (χ1n) is 8.38. The molecule has 0 radical (unpaired) electrons. The van der Waals surface area contributed by atoms with E-state index in [9.17, 15) is 13.2 Å². The van der Waals surface area contributed by atoms with Crippen molar-refractivity contribution in [3.8, 4) is 11.5 Å². The number of alkyl halides is 3. The molecule has 0 aliphatic carbocycles. The van der Waals surface area contributed by atoms with Crippen LogP contribution < -0.4 is 0 Å². The number of H-pyrrole nitrogens is 1. The summed E-state index contributed by atoms with van der Waals surface area (Å²) in [6.45, 7) is 2.03. The number of nitrogens with one attached hydrogen (secondary N) is 1. The highest BCUT2D eigenvalue weighted by Gasteiger charge is 2.31. The Hall–Kier alpha value is -2.38. The summed E-state index contributed by atoms with van der Waals surface area (Å²) < 4.78 is 38.9. The van der Waals surface area contributed by atoms with E-state index < -0.39 is 11.7 Å². The molecule has 9 heteroatoms. The number of benzene rings is 1. The van der Waals surface area contributed by atoms with Gasteiger partial charge in [0.15, 0.2) is 5.82 Å². The third kappa shape index (κ3) is 3.52. The highest BCUT2D eigenvalue weighted by molar-refractivity contribution is 6.35. The minimum atomic E-state index is -4.49. The van der Waals surface area contributed by atoms with Gasteiger partial charge < -0.3 is 4.98 Å². The van der Waals surface area contributed by atoms with Crippen LogP contribution in [0.4, 0.5) is 13.2 Å². The van der Waals surface area contributed by atoms with Crippen molar-refractivity contribution in [2.24, 2.45) is 10.9 Å². The maximum Gasteiger partial charge on any atom is 0.416 e. The van der Waals surface area contributed by atoms with E-state index >= 15 is 0 Å². The number of allylic oxidation sites excluding steroid dienone is 1. The van der Waals surface area contributed by atoms with E-state index in [0.29, 0.717) is 28.7 Å². The standard InChI is InChI=1S/C19H13Cl2F3N4/c1-9-4-12(20)16(26-7-9)10-2-3-14(25-8-10)18-27-15-6-11(19(22,23)24)5-13(21)17(15)28-18/h2-3,5-9H,4H2,1H3,(H,27,28). The second-order valence-electron chi connectivity index (χ2n) is 6.58. The monoisotopic (exact) mass is 424 g/mol. The number of aromatic nitrogens is 3. The van der Waals surface area contributed by atoms with Crippen molar-refractivity contribution < 1.29 is 13.2 Å². The number of fused-ring (bicyclic) bond motifs is 1. The average Bonchev–Trinajstić information content (AvgIpc) is 3.06. The summed E-state index contributed by atoms with van der Waals surface area (Å²) in [6, 6.07) is 5.34. The second-order valence-corrected chi connectivity index (χ2v) is 7.45. The fraction of sp³-hybridized carbons (Fsp3) is 0.211. The van der Waals surface area contributed by atoms with Crippen LogP contribution in [-0.2, 0) is 6.18 Å². The summed E-state index contributed by atoms with van der Waals surface area (Å²) in [5, 5.41) is 0.589. The van der Waals surface area contributed by atoms with Crippen LogP contribution in [0.1, 0.15) is 24.5 Å². The molecule has 144 valence electrons. The van der Waals surface area contributed by atoms with Gasteiger partial charge in [0.25, 0.3) is 0 Å². The van der Waals surface area contributed by atoms with Gasteiger partial charge >= 0.3 is 6.18 Å². The van der Waals surface area contributed by atoms with Gasteiger partial charge in [0.1, 0.15) is 11.2 Å². The Morgan fingerprint density at radius 3 is 2.61 bits per heavy atom. The average molecular weight is 425 g/mol. The molecular weight excluding hydrogens is 412 g/mol. The summed E-state index contributed by atoms with van der Waals surface area (Å²) in [7, 11) is 0. The SMILES string of the molecule is CC1C=NC(c2ccc(-c3nc4c(Cl)cc(C(F)(F)F)cc4[nH]3)nc2)=C(Cl)C1. The number of rotatable bonds is 2. The molecule has 1 unspecified atom stereocenters. The first-order chi connectivity index (χ1) is 13.2. The summed E-state index contributed by atoms with van der Waals surface area (Å²) in [6.07, 6.45) is -0.329. The first kappa shape index (κ1) is 19.0. The molecule has 1 aliphatic rings. The zero-order chi connectivity index (χ0) is 20.1. The molecular formula is C19H13Cl2F3N4. The number of aliphatic imine (C=N–C) groups is 1. The smallest absolute Gasteiger partial charge is 0.337 e. The van der Waals surface area contributed by atoms with E-state index in [1.54, 1.807) is 18.3 Å². The Bertz CT molecular complexity index is 1110. The van der Waals surface area contributed by atoms with E-state index in [0.717, 1.165) is 17.7 Å². The van der Waals surface area contributed by atoms with Crippen LogP contribution in [0.2, 0.25) is 5.02 Å². The van der Waals surface area contributed by atoms with Gasteiger partial charge in [-0.1, -0.05) is 30.1 Å². The van der Waals surface area contributed by atoms with Crippen molar-refractivity contribution in [2.75, 3.05) is 0 Å². The van der Waals surface area contributed by atoms with Crippen molar-refractivity contribution in [1.29, 1.82) is 0 Å². The van der Waals surface area contributed by atoms with E-state index in [-0.39, 0.29) is 22.0 Å². The van der Waals surface area contributed by atoms with Crippen LogP contribution in [0.5, 0.6) is 0 Å². The summed E-state index contributed by atoms with van der Waals surface area (Å²) in [4.78, 5) is 15.9. The lowest BCUT2D eigenvalue weighted by Gasteiger charge is -2.14. The Morgan fingerprint density at radius 1 is 1.18 bits per heavy atom. The van der Waals surface area contributed by atoms with E-state index in [1.807, 2.05) is 13.1 Å². The number of imidazole rings is 1. The van der Waals surface area contributed by atoms with E-state index in [1.165, 1.54) is 0 Å². The molecule has 3 aromatic rings. The molecule has 0 amide bonds. The maximum absolute atomic E-state index is 13.0. The molecule has 1 N–H and O–H groups in total. The zero-order valence-electron chi connectivity index (χ0n) is 14.5. The van der Waals surface area contributed by atoms with Gasteiger partial charge in [-0.05, 0) is 36.6 Å². The lowest BCUT2D eigenvalue weighted by molar-refractivity contribution is -0.137. The number of hydrogen-bond acceptors (Lipinski definition) is 3. The van der Waals surface area contributed by atoms with Crippen molar-refractivity contribution >= 4 is 46.1 Å². The Balaban J connectivity index is 1.70. The van der Waals surface area contributed by atoms with Crippen LogP contribution in [0.15, 0.2) is 40.5 Å². The van der Waals surface area contributed by atoms with E-state index in [2.05, 4.69) is 19.9 Å². The number of pyridine rings is 1. The second kappa shape index (κ2) is 6.90. The van der Waals surface area contributed by atoms with Gasteiger partial charge in [-0.15, -0.1) is 0 Å². The number of halogens is 5. The lowest BCUT2D eigenvalue weighted by atomic mass is 10.0. The Labute approximate surface area is 168 Å². The van der Waals surface area contributed by atoms with Gasteiger partial charge in [0, 0.05) is 23.0 Å². The first-order valence-corrected chi connectivity index (χ1v) is 9.14. The maximum atomic E-state index is 13.0. The van der Waals surface area contributed by atoms with Crippen molar-refractivity contribution in [2.45, 2.75) is 19.5 Å². The van der Waals surface area contributed by atoms with Gasteiger partial charge in [-0.3, -0.25) is 9.98 Å². The number of hydrogen-bond donors (Lipinski definition) is 1. The predicted molar refractivity (Wildman–Crippen MR) is 104 cm³/mol. The fourth-order valence-electron chi connectivity index (χ4n) is 2.97. The van der Waals surface area contributed by atoms with Crippen LogP contribution in [0, 0.1) is 5.92 Å². The molecule has 0 spiro atoms. The largest absolute Gasteiger partial charge is 0.416 e. The molecule has 28 heavy (non-hydrogen) atoms. The summed E-state index contributed by atoms with van der Waals surface area (Å²) in [5.74, 6) is 0.606. The summed E-state index contributed by atoms with van der Waals surface area (Å²) >= 11 is 12.3. The van der Waals surface area contributed by atoms with Crippen LogP contribution in [0.3, 0.4) is 0 Å². The number of aromatic amines is 1. The predicted octanol–water partition coefficient (Wildman–Crippen LogP) is 6.32. The molecule has 1 aliphatic heterocycles. The third-order valence-corrected chi connectivity index (χ3v) is 4.98. The Kier molecular flexibility index (Phi) is 4.67. The van der Waals surface area contributed by atoms with Crippen LogP contribution in [-0.4, -0.2) is 21.2 Å². The highest BCUT2D eigenvalue weighted by Crippen LogP contribution is 2.35. The quantitative estimate of drug-likeness (QED) is 0.523. The molecule has 0 saturated heterocycles. The number of nitrogens with zero attached hydrogens (tertiary/aromatic N) is 3. The van der Waals surface area contributed by atoms with Crippen molar-refractivity contribution in [3.63, 3.8) is 0 Å². The minimum absolute atomic E-state index is 0.0773. The Morgan fingerprint density at radius 2 is 1.96 bits per heavy atom. The summed E-state index contributed by atoms with van der Waals surface area (Å²) in [5.41, 5.74) is 1.50. The van der Waals surface area contributed by atoms with Crippen molar-refractivity contribution in [1.82, 2.24) is 15.0 Å². The molecule has 0 fully saturated rings. The third-order valence-electron chi connectivity index (χ3n) is 4.36. The van der Waals surface area contributed by atoms with Crippen LogP contribution in [0.25, 0.3) is 28.2 Å². The van der Waals surface area contributed by atoms with Crippen molar-refractivity contribution in [3.05, 3.63) is 51.6 Å². The molecule has 2 aromatic heterocycles. The molecule has 0 bridgehead atoms.